The van der Waals surface area contributed by atoms with Gasteiger partial charge in [-0.3, -0.25) is 14.4 Å². The van der Waals surface area contributed by atoms with E-state index >= 15 is 0 Å². The highest BCUT2D eigenvalue weighted by atomic mass is 16.6. The van der Waals surface area contributed by atoms with Gasteiger partial charge in [0.2, 0.25) is 5.60 Å². The highest BCUT2D eigenvalue weighted by Gasteiger charge is 2.60. The van der Waals surface area contributed by atoms with Crippen molar-refractivity contribution in [2.45, 2.75) is 109 Å². The number of nitrogens with two attached hydrogens (primary N) is 1. The molecule has 5 N–H and O–H groups in total. The van der Waals surface area contributed by atoms with Gasteiger partial charge in [0.15, 0.2) is 11.9 Å². The van der Waals surface area contributed by atoms with Gasteiger partial charge < -0.3 is 35.5 Å². The van der Waals surface area contributed by atoms with E-state index in [0.717, 1.165) is 38.4 Å². The Morgan fingerprint density at radius 3 is 2.52 bits per heavy atom. The highest BCUT2D eigenvalue weighted by Crippen LogP contribution is 2.42. The van der Waals surface area contributed by atoms with Crippen LogP contribution >= 0.6 is 0 Å². The first kappa shape index (κ1) is 33.3. The minimum absolute atomic E-state index is 0.0336. The van der Waals surface area contributed by atoms with Crippen LogP contribution in [0.2, 0.25) is 0 Å². The molecule has 2 fully saturated rings. The number of hydrogen-bond acceptors (Lipinski definition) is 12. The predicted octanol–water partition coefficient (Wildman–Crippen LogP) is 1.72. The zero-order chi connectivity index (χ0) is 32.4. The first-order chi connectivity index (χ1) is 20.6. The van der Waals surface area contributed by atoms with Crippen LogP contribution in [0.25, 0.3) is 5.52 Å². The van der Waals surface area contributed by atoms with E-state index in [4.69, 9.17) is 19.9 Å². The van der Waals surface area contributed by atoms with Gasteiger partial charge in [0, 0.05) is 6.42 Å². The predicted molar refractivity (Wildman–Crippen MR) is 156 cm³/mol. The normalized spacial score (nSPS) is 25.3. The summed E-state index contributed by atoms with van der Waals surface area (Å²) in [4.78, 5) is 42.3. The highest BCUT2D eigenvalue weighted by molar-refractivity contribution is 5.98. The second-order valence-electron chi connectivity index (χ2n) is 13.2. The standard InChI is InChI=1S/C30H42N6O8/c1-28(2,3)23(32)26(39)43-22-19(14-42-21(37)13-17-9-7-6-8-10-17)44-30(15-31,24(22)38)20-12-11-18-25(33-16-34-36(18)20)35-27(40)29(4,5)41/h11-12,16-17,19,22-24,38,41H,6-10,13-14,32H2,1-5H3,(H,33,34,35,40)/t19-,22-,23-,24-,30+/m1/s1. The molecule has 0 unspecified atom stereocenters. The second-order valence-corrected chi connectivity index (χ2v) is 13.2. The molecule has 3 heterocycles. The van der Waals surface area contributed by atoms with Crippen molar-refractivity contribution in [3.05, 3.63) is 24.2 Å². The number of carbonyl (C=O) groups excluding carboxylic acids is 3. The van der Waals surface area contributed by atoms with Gasteiger partial charge in [0.25, 0.3) is 5.91 Å². The number of nitriles is 1. The number of aromatic nitrogens is 3. The number of ether oxygens (including phenoxy) is 3. The maximum atomic E-state index is 13.1. The van der Waals surface area contributed by atoms with E-state index in [1.165, 1.54) is 30.5 Å². The molecule has 5 atom stereocenters. The Morgan fingerprint density at radius 2 is 1.91 bits per heavy atom. The lowest BCUT2D eigenvalue weighted by Crippen LogP contribution is -2.49. The Morgan fingerprint density at radius 1 is 1.23 bits per heavy atom. The number of esters is 2. The van der Waals surface area contributed by atoms with Crippen molar-refractivity contribution in [2.75, 3.05) is 11.9 Å². The van der Waals surface area contributed by atoms with E-state index in [0.29, 0.717) is 0 Å². The van der Waals surface area contributed by atoms with Crippen molar-refractivity contribution >= 4 is 29.2 Å². The minimum atomic E-state index is -2.14. The SMILES string of the molecule is CC(C)(O)C(=O)Nc1ncnn2c([C@]3(C#N)O[C@H](COC(=O)CC4CCCCC4)[C@@H](OC(=O)[C@@H](N)C(C)(C)C)[C@H]3O)ccc12. The third-order valence-corrected chi connectivity index (χ3v) is 8.25. The number of fused-ring (bicyclic) bond motifs is 1. The molecular formula is C30H42N6O8. The molecule has 2 aliphatic rings. The summed E-state index contributed by atoms with van der Waals surface area (Å²) in [5.41, 5.74) is 1.88. The summed E-state index contributed by atoms with van der Waals surface area (Å²) in [5, 5.41) is 38.9. The van der Waals surface area contributed by atoms with Crippen LogP contribution in [0.1, 0.15) is 78.8 Å². The Labute approximate surface area is 255 Å². The van der Waals surface area contributed by atoms with Crippen LogP contribution in [-0.4, -0.2) is 79.2 Å². The number of hydrogen-bond donors (Lipinski definition) is 4. The third-order valence-electron chi connectivity index (χ3n) is 8.25. The monoisotopic (exact) mass is 614 g/mol. The molecule has 1 saturated carbocycles. The molecule has 44 heavy (non-hydrogen) atoms. The zero-order valence-electron chi connectivity index (χ0n) is 25.8. The van der Waals surface area contributed by atoms with Crippen LogP contribution in [0, 0.1) is 22.7 Å². The molecule has 1 saturated heterocycles. The van der Waals surface area contributed by atoms with Crippen LogP contribution < -0.4 is 11.1 Å². The van der Waals surface area contributed by atoms with E-state index in [1.807, 2.05) is 6.07 Å². The van der Waals surface area contributed by atoms with Crippen LogP contribution in [0.15, 0.2) is 18.5 Å². The maximum absolute atomic E-state index is 13.1. The molecule has 240 valence electrons. The van der Waals surface area contributed by atoms with Crippen LogP contribution in [0.5, 0.6) is 0 Å². The van der Waals surface area contributed by atoms with Gasteiger partial charge in [-0.1, -0.05) is 40.0 Å². The molecule has 14 heteroatoms. The number of aliphatic hydroxyl groups is 2. The van der Waals surface area contributed by atoms with Gasteiger partial charge in [-0.15, -0.1) is 0 Å². The smallest absolute Gasteiger partial charge is 0.323 e. The molecule has 4 rings (SSSR count). The van der Waals surface area contributed by atoms with E-state index in [2.05, 4.69) is 15.4 Å². The summed E-state index contributed by atoms with van der Waals surface area (Å²) in [6.07, 6.45) is 2.09. The number of anilines is 1. The largest absolute Gasteiger partial charge is 0.463 e. The van der Waals surface area contributed by atoms with Gasteiger partial charge in [-0.25, -0.2) is 9.50 Å². The van der Waals surface area contributed by atoms with Gasteiger partial charge in [-0.05, 0) is 50.2 Å². The summed E-state index contributed by atoms with van der Waals surface area (Å²) in [5.74, 6) is -1.75. The van der Waals surface area contributed by atoms with Crippen LogP contribution in [-0.2, 0) is 34.2 Å². The van der Waals surface area contributed by atoms with Gasteiger partial charge >= 0.3 is 11.9 Å². The van der Waals surface area contributed by atoms with E-state index in [9.17, 15) is 29.9 Å². The van der Waals surface area contributed by atoms with Gasteiger partial charge in [0.1, 0.15) is 48.4 Å². The molecule has 0 aromatic carbocycles. The average Bonchev–Trinajstić information content (AvgIpc) is 3.51. The molecule has 1 aliphatic carbocycles. The maximum Gasteiger partial charge on any atom is 0.323 e. The number of amides is 1. The summed E-state index contributed by atoms with van der Waals surface area (Å²) in [7, 11) is 0. The molecule has 0 spiro atoms. The average molecular weight is 615 g/mol. The molecule has 0 radical (unpaired) electrons. The molecule has 14 nitrogen and oxygen atoms in total. The van der Waals surface area contributed by atoms with Crippen molar-refractivity contribution in [3.8, 4) is 6.07 Å². The van der Waals surface area contributed by atoms with Crippen molar-refractivity contribution < 1.29 is 38.8 Å². The van der Waals surface area contributed by atoms with E-state index in [-0.39, 0.29) is 36.0 Å². The molecule has 1 amide bonds. The Balaban J connectivity index is 1.65. The van der Waals surface area contributed by atoms with Crippen LogP contribution in [0.3, 0.4) is 0 Å². The Hall–Kier alpha value is -3.64. The fourth-order valence-electron chi connectivity index (χ4n) is 5.43. The second kappa shape index (κ2) is 12.8. The summed E-state index contributed by atoms with van der Waals surface area (Å²) < 4.78 is 18.6. The zero-order valence-corrected chi connectivity index (χ0v) is 25.8. The number of nitrogens with one attached hydrogen (secondary N) is 1. The fourth-order valence-corrected chi connectivity index (χ4v) is 5.43. The van der Waals surface area contributed by atoms with Crippen molar-refractivity contribution in [3.63, 3.8) is 0 Å². The number of nitrogens with zero attached hydrogens (tertiary/aromatic N) is 4. The Kier molecular flexibility index (Phi) is 9.65. The summed E-state index contributed by atoms with van der Waals surface area (Å²) >= 11 is 0. The van der Waals surface area contributed by atoms with E-state index < -0.39 is 58.8 Å². The molecule has 0 bridgehead atoms. The molecule has 2 aromatic heterocycles. The first-order valence-corrected chi connectivity index (χ1v) is 14.8. The van der Waals surface area contributed by atoms with Gasteiger partial charge in [0.05, 0.1) is 5.69 Å². The van der Waals surface area contributed by atoms with Crippen molar-refractivity contribution in [1.29, 1.82) is 5.26 Å². The number of aliphatic hydroxyl groups excluding tert-OH is 1. The lowest BCUT2D eigenvalue weighted by atomic mass is 9.87. The third kappa shape index (κ3) is 6.86. The first-order valence-electron chi connectivity index (χ1n) is 14.8. The van der Waals surface area contributed by atoms with Gasteiger partial charge in [-0.2, -0.15) is 10.4 Å². The summed E-state index contributed by atoms with van der Waals surface area (Å²) in [6, 6.07) is 3.89. The molecular weight excluding hydrogens is 572 g/mol. The molecule has 2 aromatic rings. The number of carbonyl (C=O) groups is 3. The summed E-state index contributed by atoms with van der Waals surface area (Å²) in [6.45, 7) is 7.50. The molecule has 1 aliphatic heterocycles. The van der Waals surface area contributed by atoms with Crippen molar-refractivity contribution in [1.82, 2.24) is 14.6 Å². The fraction of sp³-hybridized carbons (Fsp3) is 0.667. The lowest BCUT2D eigenvalue weighted by molar-refractivity contribution is -0.163. The number of rotatable bonds is 9. The quantitative estimate of drug-likeness (QED) is 0.297. The lowest BCUT2D eigenvalue weighted by Gasteiger charge is -2.29. The Bertz CT molecular complexity index is 1420. The van der Waals surface area contributed by atoms with Crippen molar-refractivity contribution in [2.24, 2.45) is 17.1 Å². The topological polar surface area (TPSA) is 211 Å². The van der Waals surface area contributed by atoms with Crippen LogP contribution in [0.4, 0.5) is 5.82 Å². The minimum Gasteiger partial charge on any atom is -0.463 e. The van der Waals surface area contributed by atoms with E-state index in [1.54, 1.807) is 20.8 Å².